The highest BCUT2D eigenvalue weighted by Crippen LogP contribution is 2.46. The fourth-order valence-electron chi connectivity index (χ4n) is 5.09. The van der Waals surface area contributed by atoms with Gasteiger partial charge in [0.15, 0.2) is 11.5 Å². The third-order valence-electron chi connectivity index (χ3n) is 6.90. The fourth-order valence-corrected chi connectivity index (χ4v) is 5.09. The molecule has 0 spiro atoms. The zero-order valence-corrected chi connectivity index (χ0v) is 18.2. The number of carbonyl (C=O) groups is 2. The van der Waals surface area contributed by atoms with Crippen molar-refractivity contribution in [1.29, 1.82) is 0 Å². The van der Waals surface area contributed by atoms with Crippen LogP contribution in [0.1, 0.15) is 44.7 Å². The number of ketones is 1. The molecule has 1 fully saturated rings. The van der Waals surface area contributed by atoms with E-state index in [1.54, 1.807) is 7.11 Å². The summed E-state index contributed by atoms with van der Waals surface area (Å²) in [7, 11) is 1.70. The van der Waals surface area contributed by atoms with Crippen LogP contribution in [-0.2, 0) is 19.1 Å². The van der Waals surface area contributed by atoms with Crippen molar-refractivity contribution in [3.8, 4) is 0 Å². The van der Waals surface area contributed by atoms with Crippen LogP contribution < -0.4 is 0 Å². The van der Waals surface area contributed by atoms with Crippen LogP contribution in [-0.4, -0.2) is 67.0 Å². The molecule has 162 valence electrons. The first kappa shape index (κ1) is 21.1. The molecule has 0 N–H and O–H groups in total. The van der Waals surface area contributed by atoms with Crippen LogP contribution in [0.4, 0.5) is 0 Å². The molecule has 1 saturated carbocycles. The Hall–Kier alpha value is -2.18. The Kier molecular flexibility index (Phi) is 6.25. The lowest BCUT2D eigenvalue weighted by molar-refractivity contribution is -0.138. The molecule has 1 aliphatic carbocycles. The number of nitrogens with zero attached hydrogens (tertiary/aromatic N) is 2. The van der Waals surface area contributed by atoms with E-state index >= 15 is 0 Å². The highest BCUT2D eigenvalue weighted by Gasteiger charge is 2.52. The Morgan fingerprint density at radius 3 is 2.53 bits per heavy atom. The molecular formula is C24H32N2O4. The van der Waals surface area contributed by atoms with Gasteiger partial charge in [-0.3, -0.25) is 9.59 Å². The molecule has 0 saturated heterocycles. The molecule has 4 unspecified atom stereocenters. The smallest absolute Gasteiger partial charge is 0.290 e. The van der Waals surface area contributed by atoms with Crippen molar-refractivity contribution in [3.63, 3.8) is 0 Å². The quantitative estimate of drug-likeness (QED) is 0.689. The highest BCUT2D eigenvalue weighted by molar-refractivity contribution is 6.11. The first-order valence-electron chi connectivity index (χ1n) is 11.1. The van der Waals surface area contributed by atoms with Gasteiger partial charge in [-0.15, -0.1) is 0 Å². The number of methoxy groups -OCH3 is 1. The number of likely N-dealkylation sites (N-methyl/N-ethyl adjacent to an activating group) is 1. The molecule has 2 heterocycles. The molecule has 3 aliphatic rings. The van der Waals surface area contributed by atoms with Crippen LogP contribution in [0.2, 0.25) is 0 Å². The second-order valence-corrected chi connectivity index (χ2v) is 8.38. The summed E-state index contributed by atoms with van der Waals surface area (Å²) in [6.07, 6.45) is 2.07. The monoisotopic (exact) mass is 412 g/mol. The molecule has 4 rings (SSSR count). The van der Waals surface area contributed by atoms with Crippen molar-refractivity contribution in [3.05, 3.63) is 47.2 Å². The Morgan fingerprint density at radius 2 is 1.87 bits per heavy atom. The van der Waals surface area contributed by atoms with E-state index < -0.39 is 0 Å². The average molecular weight is 413 g/mol. The summed E-state index contributed by atoms with van der Waals surface area (Å²) in [6.45, 7) is 7.45. The van der Waals surface area contributed by atoms with E-state index in [2.05, 4.69) is 18.7 Å². The third kappa shape index (κ3) is 3.67. The van der Waals surface area contributed by atoms with Crippen LogP contribution >= 0.6 is 0 Å². The van der Waals surface area contributed by atoms with Crippen molar-refractivity contribution in [2.75, 3.05) is 33.3 Å². The number of fused-ring (bicyclic) bond motifs is 1. The molecule has 4 atom stereocenters. The Balaban J connectivity index is 1.67. The number of benzene rings is 1. The molecule has 0 bridgehead atoms. The minimum atomic E-state index is -0.363. The molecule has 6 nitrogen and oxygen atoms in total. The maximum Gasteiger partial charge on any atom is 0.290 e. The van der Waals surface area contributed by atoms with Gasteiger partial charge in [-0.2, -0.15) is 0 Å². The molecule has 6 heteroatoms. The van der Waals surface area contributed by atoms with E-state index in [0.717, 1.165) is 38.0 Å². The van der Waals surface area contributed by atoms with Gasteiger partial charge in [-0.1, -0.05) is 44.2 Å². The third-order valence-corrected chi connectivity index (χ3v) is 6.90. The summed E-state index contributed by atoms with van der Waals surface area (Å²) in [5.74, 6) is 0.0176. The molecule has 2 aliphatic heterocycles. The van der Waals surface area contributed by atoms with E-state index in [-0.39, 0.29) is 41.6 Å². The number of hydrogen-bond acceptors (Lipinski definition) is 5. The topological polar surface area (TPSA) is 59.1 Å². The van der Waals surface area contributed by atoms with Gasteiger partial charge in [0.05, 0.1) is 23.6 Å². The Bertz CT molecular complexity index is 818. The van der Waals surface area contributed by atoms with E-state index in [0.29, 0.717) is 18.5 Å². The normalized spacial score (nSPS) is 28.6. The minimum absolute atomic E-state index is 0.0846. The molecule has 1 aromatic rings. The second kappa shape index (κ2) is 8.90. The SMILES string of the molecule is CCN(CC)CCN1C(=O)C2=C(C(=O)C3CCC(OC)CC3O2)C1c1ccccc1. The summed E-state index contributed by atoms with van der Waals surface area (Å²) in [5.41, 5.74) is 1.53. The van der Waals surface area contributed by atoms with Crippen molar-refractivity contribution < 1.29 is 19.1 Å². The largest absolute Gasteiger partial charge is 0.483 e. The lowest BCUT2D eigenvalue weighted by atomic mass is 9.76. The molecule has 0 aromatic heterocycles. The van der Waals surface area contributed by atoms with Gasteiger partial charge >= 0.3 is 0 Å². The van der Waals surface area contributed by atoms with Gasteiger partial charge in [0, 0.05) is 26.6 Å². The molecular weight excluding hydrogens is 380 g/mol. The standard InChI is InChI=1S/C24H32N2O4/c1-4-25(5-2)13-14-26-21(16-9-7-6-8-10-16)20-22(27)18-12-11-17(29-3)15-19(18)30-23(20)24(26)28/h6-10,17-19,21H,4-5,11-15H2,1-3H3. The highest BCUT2D eigenvalue weighted by atomic mass is 16.5. The van der Waals surface area contributed by atoms with Gasteiger partial charge in [0.1, 0.15) is 6.10 Å². The van der Waals surface area contributed by atoms with E-state index in [1.165, 1.54) is 0 Å². The van der Waals surface area contributed by atoms with Crippen LogP contribution in [0, 0.1) is 5.92 Å². The van der Waals surface area contributed by atoms with Gasteiger partial charge in [-0.25, -0.2) is 0 Å². The molecule has 1 amide bonds. The lowest BCUT2D eigenvalue weighted by Gasteiger charge is -2.38. The average Bonchev–Trinajstić information content (AvgIpc) is 3.06. The Labute approximate surface area is 178 Å². The summed E-state index contributed by atoms with van der Waals surface area (Å²) >= 11 is 0. The first-order chi connectivity index (χ1) is 14.6. The number of hydrogen-bond donors (Lipinski definition) is 0. The molecule has 1 aromatic carbocycles. The van der Waals surface area contributed by atoms with Crippen LogP contribution in [0.3, 0.4) is 0 Å². The maximum absolute atomic E-state index is 13.6. The summed E-state index contributed by atoms with van der Waals surface area (Å²) in [6, 6.07) is 9.51. The van der Waals surface area contributed by atoms with Crippen LogP contribution in [0.5, 0.6) is 0 Å². The van der Waals surface area contributed by atoms with Crippen LogP contribution in [0.25, 0.3) is 0 Å². The number of Topliss-reactive ketones (excluding diaryl/α,β-unsaturated/α-hetero) is 1. The van der Waals surface area contributed by atoms with Crippen molar-refractivity contribution in [1.82, 2.24) is 9.80 Å². The minimum Gasteiger partial charge on any atom is -0.483 e. The van der Waals surface area contributed by atoms with E-state index in [9.17, 15) is 9.59 Å². The van der Waals surface area contributed by atoms with Gasteiger partial charge in [0.2, 0.25) is 0 Å². The van der Waals surface area contributed by atoms with E-state index in [4.69, 9.17) is 9.47 Å². The zero-order chi connectivity index (χ0) is 21.3. The Morgan fingerprint density at radius 1 is 1.13 bits per heavy atom. The van der Waals surface area contributed by atoms with Crippen molar-refractivity contribution >= 4 is 11.7 Å². The molecule has 0 radical (unpaired) electrons. The summed E-state index contributed by atoms with van der Waals surface area (Å²) in [4.78, 5) is 31.1. The fraction of sp³-hybridized carbons (Fsp3) is 0.583. The predicted molar refractivity (Wildman–Crippen MR) is 114 cm³/mol. The number of rotatable bonds is 7. The number of carbonyl (C=O) groups excluding carboxylic acids is 2. The van der Waals surface area contributed by atoms with Gasteiger partial charge < -0.3 is 19.3 Å². The zero-order valence-electron chi connectivity index (χ0n) is 18.2. The second-order valence-electron chi connectivity index (χ2n) is 8.38. The summed E-state index contributed by atoms with van der Waals surface area (Å²) in [5, 5.41) is 0. The lowest BCUT2D eigenvalue weighted by Crippen LogP contribution is -2.43. The van der Waals surface area contributed by atoms with Gasteiger partial charge in [-0.05, 0) is 31.5 Å². The van der Waals surface area contributed by atoms with Crippen molar-refractivity contribution in [2.24, 2.45) is 5.92 Å². The predicted octanol–water partition coefficient (Wildman–Crippen LogP) is 2.95. The van der Waals surface area contributed by atoms with Crippen LogP contribution in [0.15, 0.2) is 41.7 Å². The number of amides is 1. The summed E-state index contributed by atoms with van der Waals surface area (Å²) < 4.78 is 11.8. The van der Waals surface area contributed by atoms with E-state index in [1.807, 2.05) is 35.2 Å². The number of ether oxygens (including phenoxy) is 2. The molecule has 30 heavy (non-hydrogen) atoms. The van der Waals surface area contributed by atoms with Gasteiger partial charge in [0.25, 0.3) is 5.91 Å². The van der Waals surface area contributed by atoms with Crippen molar-refractivity contribution in [2.45, 2.75) is 51.4 Å². The maximum atomic E-state index is 13.6. The first-order valence-corrected chi connectivity index (χ1v) is 11.1.